The summed E-state index contributed by atoms with van der Waals surface area (Å²) in [5.74, 6) is 0.836. The third kappa shape index (κ3) is 2.71. The van der Waals surface area contributed by atoms with Crippen LogP contribution in [0.4, 0.5) is 4.79 Å². The highest BCUT2D eigenvalue weighted by Gasteiger charge is 2.01. The summed E-state index contributed by atoms with van der Waals surface area (Å²) in [5, 5.41) is 4.87. The van der Waals surface area contributed by atoms with E-state index < -0.39 is 6.09 Å². The molecule has 0 heterocycles. The molecule has 4 heteroatoms. The van der Waals surface area contributed by atoms with Crippen LogP contribution in [0, 0.1) is 0 Å². The van der Waals surface area contributed by atoms with Gasteiger partial charge in [-0.2, -0.15) is 0 Å². The molecular formula is C14H15NO3. The Morgan fingerprint density at radius 1 is 1.11 bits per heavy atom. The third-order valence-corrected chi connectivity index (χ3v) is 2.73. The lowest BCUT2D eigenvalue weighted by atomic mass is 10.1. The molecule has 0 unspecified atom stereocenters. The largest absolute Gasteiger partial charge is 0.497 e. The normalized spacial score (nSPS) is 10.1. The molecule has 0 aliphatic carbocycles. The van der Waals surface area contributed by atoms with Gasteiger partial charge in [0.1, 0.15) is 5.75 Å². The Hall–Kier alpha value is -2.23. The maximum atomic E-state index is 11.0. The van der Waals surface area contributed by atoms with Crippen molar-refractivity contribution in [1.82, 2.24) is 5.32 Å². The van der Waals surface area contributed by atoms with E-state index >= 15 is 0 Å². The Morgan fingerprint density at radius 3 is 2.56 bits per heavy atom. The molecule has 2 aromatic rings. The zero-order valence-corrected chi connectivity index (χ0v) is 10.4. The molecule has 0 bridgehead atoms. The maximum Gasteiger partial charge on any atom is 0.407 e. The quantitative estimate of drug-likeness (QED) is 0.904. The number of amides is 1. The van der Waals surface area contributed by atoms with Gasteiger partial charge in [0.05, 0.1) is 14.2 Å². The van der Waals surface area contributed by atoms with Gasteiger partial charge in [0.2, 0.25) is 0 Å². The van der Waals surface area contributed by atoms with E-state index in [0.29, 0.717) is 6.54 Å². The lowest BCUT2D eigenvalue weighted by Crippen LogP contribution is -2.22. The lowest BCUT2D eigenvalue weighted by molar-refractivity contribution is 0.170. The first kappa shape index (κ1) is 12.2. The fourth-order valence-corrected chi connectivity index (χ4v) is 1.76. The molecule has 0 aliphatic heterocycles. The molecule has 0 aliphatic rings. The van der Waals surface area contributed by atoms with Gasteiger partial charge in [-0.1, -0.05) is 18.2 Å². The fraction of sp³-hybridized carbons (Fsp3) is 0.214. The predicted molar refractivity (Wildman–Crippen MR) is 69.7 cm³/mol. The number of benzene rings is 2. The maximum absolute atomic E-state index is 11.0. The summed E-state index contributed by atoms with van der Waals surface area (Å²) in [7, 11) is 3.00. The predicted octanol–water partition coefficient (Wildman–Crippen LogP) is 2.70. The highest BCUT2D eigenvalue weighted by Crippen LogP contribution is 2.21. The van der Waals surface area contributed by atoms with Gasteiger partial charge in [-0.3, -0.25) is 0 Å². The standard InChI is InChI=1S/C14H15NO3/c1-17-13-6-5-11-7-10(3-4-12(11)8-13)9-15-14(16)18-2/h3-8H,9H2,1-2H3,(H,15,16). The van der Waals surface area contributed by atoms with E-state index in [2.05, 4.69) is 10.1 Å². The molecule has 18 heavy (non-hydrogen) atoms. The summed E-state index contributed by atoms with van der Waals surface area (Å²) in [6.07, 6.45) is -0.426. The van der Waals surface area contributed by atoms with Crippen molar-refractivity contribution in [3.05, 3.63) is 42.0 Å². The molecule has 2 aromatic carbocycles. The molecule has 4 nitrogen and oxygen atoms in total. The van der Waals surface area contributed by atoms with Crippen LogP contribution in [-0.4, -0.2) is 20.3 Å². The number of fused-ring (bicyclic) bond motifs is 1. The monoisotopic (exact) mass is 245 g/mol. The van der Waals surface area contributed by atoms with Gasteiger partial charge in [0, 0.05) is 6.54 Å². The molecule has 0 fully saturated rings. The van der Waals surface area contributed by atoms with E-state index in [1.54, 1.807) is 7.11 Å². The van der Waals surface area contributed by atoms with Gasteiger partial charge in [-0.25, -0.2) is 4.79 Å². The molecule has 0 atom stereocenters. The van der Waals surface area contributed by atoms with Crippen LogP contribution in [0.2, 0.25) is 0 Å². The fourth-order valence-electron chi connectivity index (χ4n) is 1.76. The summed E-state index contributed by atoms with van der Waals surface area (Å²) in [5.41, 5.74) is 1.03. The van der Waals surface area contributed by atoms with Crippen LogP contribution < -0.4 is 10.1 Å². The first-order valence-corrected chi connectivity index (χ1v) is 5.61. The SMILES string of the molecule is COC(=O)NCc1ccc2cc(OC)ccc2c1. The van der Waals surface area contributed by atoms with Crippen LogP contribution in [0.25, 0.3) is 10.8 Å². The molecule has 1 amide bonds. The van der Waals surface area contributed by atoms with E-state index in [-0.39, 0.29) is 0 Å². The lowest BCUT2D eigenvalue weighted by Gasteiger charge is -2.06. The topological polar surface area (TPSA) is 47.6 Å². The van der Waals surface area contributed by atoms with Gasteiger partial charge < -0.3 is 14.8 Å². The minimum Gasteiger partial charge on any atom is -0.497 e. The second-order valence-corrected chi connectivity index (χ2v) is 3.89. The van der Waals surface area contributed by atoms with E-state index in [0.717, 1.165) is 22.1 Å². The molecular weight excluding hydrogens is 230 g/mol. The van der Waals surface area contributed by atoms with Crippen LogP contribution in [0.3, 0.4) is 0 Å². The summed E-state index contributed by atoms with van der Waals surface area (Å²) < 4.78 is 9.70. The molecule has 94 valence electrons. The van der Waals surface area contributed by atoms with Crippen molar-refractivity contribution in [2.75, 3.05) is 14.2 Å². The van der Waals surface area contributed by atoms with Gasteiger partial charge in [0.15, 0.2) is 0 Å². The zero-order chi connectivity index (χ0) is 13.0. The van der Waals surface area contributed by atoms with Crippen molar-refractivity contribution >= 4 is 16.9 Å². The van der Waals surface area contributed by atoms with E-state index in [1.165, 1.54) is 7.11 Å². The first-order chi connectivity index (χ1) is 8.72. The average Bonchev–Trinajstić information content (AvgIpc) is 2.43. The smallest absolute Gasteiger partial charge is 0.407 e. The van der Waals surface area contributed by atoms with Crippen molar-refractivity contribution in [2.24, 2.45) is 0 Å². The van der Waals surface area contributed by atoms with E-state index in [4.69, 9.17) is 4.74 Å². The average molecular weight is 245 g/mol. The number of alkyl carbamates (subject to hydrolysis) is 1. The number of hydrogen-bond acceptors (Lipinski definition) is 3. The van der Waals surface area contributed by atoms with Crippen molar-refractivity contribution in [3.63, 3.8) is 0 Å². The van der Waals surface area contributed by atoms with Gasteiger partial charge in [-0.05, 0) is 34.5 Å². The summed E-state index contributed by atoms with van der Waals surface area (Å²) in [4.78, 5) is 11.0. The van der Waals surface area contributed by atoms with Gasteiger partial charge >= 0.3 is 6.09 Å². The van der Waals surface area contributed by atoms with Crippen LogP contribution in [0.5, 0.6) is 5.75 Å². The Balaban J connectivity index is 2.20. The summed E-state index contributed by atoms with van der Waals surface area (Å²) in [6.45, 7) is 0.453. The highest BCUT2D eigenvalue weighted by molar-refractivity contribution is 5.84. The Morgan fingerprint density at radius 2 is 1.83 bits per heavy atom. The van der Waals surface area contributed by atoms with Crippen LogP contribution in [0.1, 0.15) is 5.56 Å². The summed E-state index contributed by atoms with van der Waals surface area (Å²) in [6, 6.07) is 11.9. The summed E-state index contributed by atoms with van der Waals surface area (Å²) >= 11 is 0. The number of nitrogens with one attached hydrogen (secondary N) is 1. The molecule has 2 rings (SSSR count). The van der Waals surface area contributed by atoms with Crippen molar-refractivity contribution < 1.29 is 14.3 Å². The molecule has 0 aromatic heterocycles. The Labute approximate surface area is 106 Å². The number of ether oxygens (including phenoxy) is 2. The van der Waals surface area contributed by atoms with E-state index in [1.807, 2.05) is 36.4 Å². The minimum absolute atomic E-state index is 0.426. The van der Waals surface area contributed by atoms with Crippen molar-refractivity contribution in [3.8, 4) is 5.75 Å². The molecule has 0 spiro atoms. The Kier molecular flexibility index (Phi) is 3.67. The van der Waals surface area contributed by atoms with Crippen molar-refractivity contribution in [1.29, 1.82) is 0 Å². The number of carbonyl (C=O) groups excluding carboxylic acids is 1. The van der Waals surface area contributed by atoms with Gasteiger partial charge in [0.25, 0.3) is 0 Å². The number of rotatable bonds is 3. The molecule has 1 N–H and O–H groups in total. The second-order valence-electron chi connectivity index (χ2n) is 3.89. The van der Waals surface area contributed by atoms with Gasteiger partial charge in [-0.15, -0.1) is 0 Å². The van der Waals surface area contributed by atoms with Crippen LogP contribution in [-0.2, 0) is 11.3 Å². The van der Waals surface area contributed by atoms with E-state index in [9.17, 15) is 4.79 Å². The van der Waals surface area contributed by atoms with Crippen molar-refractivity contribution in [2.45, 2.75) is 6.54 Å². The first-order valence-electron chi connectivity index (χ1n) is 5.61. The number of hydrogen-bond donors (Lipinski definition) is 1. The van der Waals surface area contributed by atoms with Crippen LogP contribution in [0.15, 0.2) is 36.4 Å². The zero-order valence-electron chi connectivity index (χ0n) is 10.4. The number of methoxy groups -OCH3 is 2. The molecule has 0 radical (unpaired) electrons. The van der Waals surface area contributed by atoms with Crippen LogP contribution >= 0.6 is 0 Å². The number of carbonyl (C=O) groups is 1. The minimum atomic E-state index is -0.426. The molecule has 0 saturated heterocycles. The Bertz CT molecular complexity index is 566. The third-order valence-electron chi connectivity index (χ3n) is 2.73. The molecule has 0 saturated carbocycles. The second kappa shape index (κ2) is 5.40. The highest BCUT2D eigenvalue weighted by atomic mass is 16.5.